The predicted molar refractivity (Wildman–Crippen MR) is 143 cm³/mol. The van der Waals surface area contributed by atoms with Crippen LogP contribution in [0.25, 0.3) is 0 Å². The van der Waals surface area contributed by atoms with E-state index in [2.05, 4.69) is 5.32 Å². The molecule has 3 rings (SSSR count). The van der Waals surface area contributed by atoms with Gasteiger partial charge >= 0.3 is 0 Å². The molecule has 11 heteroatoms. The first-order chi connectivity index (χ1) is 17.5. The van der Waals surface area contributed by atoms with Crippen LogP contribution in [0.1, 0.15) is 56.0 Å². The molecule has 0 bridgehead atoms. The first kappa shape index (κ1) is 28.9. The maximum absolute atomic E-state index is 13.5. The molecule has 1 N–H and O–H groups in total. The highest BCUT2D eigenvalue weighted by atomic mass is 35.5. The number of nitrogens with zero attached hydrogens (tertiary/aromatic N) is 2. The molecule has 0 unspecified atom stereocenters. The second kappa shape index (κ2) is 12.3. The maximum atomic E-state index is 13.5. The van der Waals surface area contributed by atoms with Gasteiger partial charge in [-0.25, -0.2) is 12.7 Å². The molecule has 8 nitrogen and oxygen atoms in total. The molecule has 0 saturated heterocycles. The number of benzene rings is 2. The molecule has 0 spiro atoms. The normalized spacial score (nSPS) is 15.0. The van der Waals surface area contributed by atoms with E-state index in [1.54, 1.807) is 37.3 Å². The Hall–Kier alpha value is -2.62. The zero-order valence-corrected chi connectivity index (χ0v) is 23.4. The van der Waals surface area contributed by atoms with Crippen molar-refractivity contribution in [3.8, 4) is 0 Å². The summed E-state index contributed by atoms with van der Waals surface area (Å²) in [6.45, 7) is 6.07. The molecule has 0 fully saturated rings. The zero-order chi connectivity index (χ0) is 27.3. The zero-order valence-electron chi connectivity index (χ0n) is 21.0. The standard InChI is InChI=1S/C26H31Cl2N3O5S/c1-4-22(25(33)29-15-17(2)3)30(16-19-20(27)10-7-11-21(19)28)24(32)13-8-14-31-26(34)18-9-5-6-12-23(18)37(31,35)36/h5-7,9-12,17,22H,4,8,13-16H2,1-3H3,(H,29,33)/t22-/m0/s1. The van der Waals surface area contributed by atoms with E-state index in [-0.39, 0.29) is 54.1 Å². The third kappa shape index (κ3) is 6.45. The largest absolute Gasteiger partial charge is 0.354 e. The van der Waals surface area contributed by atoms with Gasteiger partial charge in [-0.05, 0) is 43.0 Å². The van der Waals surface area contributed by atoms with Gasteiger partial charge in [0.25, 0.3) is 15.9 Å². The average molecular weight is 569 g/mol. The van der Waals surface area contributed by atoms with Crippen molar-refractivity contribution in [2.45, 2.75) is 57.5 Å². The Morgan fingerprint density at radius 1 is 1.05 bits per heavy atom. The quantitative estimate of drug-likeness (QED) is 0.430. The lowest BCUT2D eigenvalue weighted by Gasteiger charge is -2.31. The molecule has 37 heavy (non-hydrogen) atoms. The van der Waals surface area contributed by atoms with Crippen LogP contribution in [0.5, 0.6) is 0 Å². The molecule has 1 aliphatic rings. The first-order valence-corrected chi connectivity index (χ1v) is 14.3. The van der Waals surface area contributed by atoms with Crippen LogP contribution >= 0.6 is 23.2 Å². The van der Waals surface area contributed by atoms with Crippen LogP contribution in [-0.4, -0.2) is 54.5 Å². The number of rotatable bonds is 11. The first-order valence-electron chi connectivity index (χ1n) is 12.1. The van der Waals surface area contributed by atoms with Gasteiger partial charge in [-0.1, -0.05) is 62.2 Å². The van der Waals surface area contributed by atoms with Crippen molar-refractivity contribution in [2.75, 3.05) is 13.1 Å². The van der Waals surface area contributed by atoms with Crippen LogP contribution in [0.4, 0.5) is 0 Å². The number of hydrogen-bond acceptors (Lipinski definition) is 5. The molecule has 0 aliphatic carbocycles. The third-order valence-electron chi connectivity index (χ3n) is 6.12. The molecular weight excluding hydrogens is 537 g/mol. The Bertz CT molecular complexity index is 1260. The van der Waals surface area contributed by atoms with Gasteiger partial charge in [0.2, 0.25) is 11.8 Å². The summed E-state index contributed by atoms with van der Waals surface area (Å²) in [6.07, 6.45) is 0.367. The molecule has 200 valence electrons. The van der Waals surface area contributed by atoms with Crippen molar-refractivity contribution in [2.24, 2.45) is 5.92 Å². The van der Waals surface area contributed by atoms with Gasteiger partial charge in [-0.15, -0.1) is 0 Å². The van der Waals surface area contributed by atoms with Crippen molar-refractivity contribution >= 4 is 50.9 Å². The number of hydrogen-bond donors (Lipinski definition) is 1. The molecule has 3 amide bonds. The van der Waals surface area contributed by atoms with Gasteiger partial charge in [-0.2, -0.15) is 0 Å². The van der Waals surface area contributed by atoms with E-state index in [9.17, 15) is 22.8 Å². The van der Waals surface area contributed by atoms with Gasteiger partial charge in [0.15, 0.2) is 0 Å². The minimum absolute atomic E-state index is 0.0112. The second-order valence-corrected chi connectivity index (χ2v) is 11.9. The van der Waals surface area contributed by atoms with Gasteiger partial charge in [0.05, 0.1) is 5.56 Å². The topological polar surface area (TPSA) is 104 Å². The van der Waals surface area contributed by atoms with E-state index in [0.717, 1.165) is 4.31 Å². The molecule has 1 heterocycles. The number of carbonyl (C=O) groups is 3. The van der Waals surface area contributed by atoms with Crippen LogP contribution in [0.3, 0.4) is 0 Å². The van der Waals surface area contributed by atoms with E-state index < -0.39 is 22.0 Å². The minimum atomic E-state index is -3.96. The molecule has 1 atom stereocenters. The van der Waals surface area contributed by atoms with Crippen molar-refractivity contribution in [3.63, 3.8) is 0 Å². The van der Waals surface area contributed by atoms with Gasteiger partial charge < -0.3 is 10.2 Å². The van der Waals surface area contributed by atoms with Crippen LogP contribution in [-0.2, 0) is 26.2 Å². The van der Waals surface area contributed by atoms with E-state index in [4.69, 9.17) is 23.2 Å². The monoisotopic (exact) mass is 567 g/mol. The summed E-state index contributed by atoms with van der Waals surface area (Å²) < 4.78 is 26.4. The fraction of sp³-hybridized carbons (Fsp3) is 0.423. The van der Waals surface area contributed by atoms with Crippen LogP contribution in [0, 0.1) is 5.92 Å². The van der Waals surface area contributed by atoms with E-state index >= 15 is 0 Å². The van der Waals surface area contributed by atoms with Gasteiger partial charge in [-0.3, -0.25) is 14.4 Å². The molecule has 2 aromatic carbocycles. The number of fused-ring (bicyclic) bond motifs is 1. The lowest BCUT2D eigenvalue weighted by molar-refractivity contribution is -0.141. The average Bonchev–Trinajstić information content (AvgIpc) is 3.04. The summed E-state index contributed by atoms with van der Waals surface area (Å²) >= 11 is 12.7. The van der Waals surface area contributed by atoms with E-state index in [1.165, 1.54) is 17.0 Å². The van der Waals surface area contributed by atoms with E-state index in [0.29, 0.717) is 28.6 Å². The van der Waals surface area contributed by atoms with Gasteiger partial charge in [0, 0.05) is 41.7 Å². The highest BCUT2D eigenvalue weighted by molar-refractivity contribution is 7.90. The Kier molecular flexibility index (Phi) is 9.61. The van der Waals surface area contributed by atoms with Crippen LogP contribution < -0.4 is 5.32 Å². The summed E-state index contributed by atoms with van der Waals surface area (Å²) in [6, 6.07) is 10.3. The van der Waals surface area contributed by atoms with Gasteiger partial charge in [0.1, 0.15) is 10.9 Å². The summed E-state index contributed by atoms with van der Waals surface area (Å²) in [5, 5.41) is 3.62. The third-order valence-corrected chi connectivity index (χ3v) is 8.67. The number of carbonyl (C=O) groups excluding carboxylic acids is 3. The Morgan fingerprint density at radius 3 is 2.30 bits per heavy atom. The van der Waals surface area contributed by atoms with Crippen molar-refractivity contribution in [1.29, 1.82) is 0 Å². The SMILES string of the molecule is CC[C@@H](C(=O)NCC(C)C)N(Cc1c(Cl)cccc1Cl)C(=O)CCCN1C(=O)c2ccccc2S1(=O)=O. The van der Waals surface area contributed by atoms with Crippen LogP contribution in [0.15, 0.2) is 47.4 Å². The number of nitrogens with one attached hydrogen (secondary N) is 1. The highest BCUT2D eigenvalue weighted by Gasteiger charge is 2.40. The maximum Gasteiger partial charge on any atom is 0.269 e. The second-order valence-electron chi connectivity index (χ2n) is 9.27. The lowest BCUT2D eigenvalue weighted by atomic mass is 10.1. The Balaban J connectivity index is 1.78. The highest BCUT2D eigenvalue weighted by Crippen LogP contribution is 2.31. The minimum Gasteiger partial charge on any atom is -0.354 e. The van der Waals surface area contributed by atoms with Crippen molar-refractivity contribution < 1.29 is 22.8 Å². The summed E-state index contributed by atoms with van der Waals surface area (Å²) in [5.41, 5.74) is 0.638. The molecule has 0 aromatic heterocycles. The predicted octanol–water partition coefficient (Wildman–Crippen LogP) is 4.50. The fourth-order valence-corrected chi connectivity index (χ4v) is 6.29. The van der Waals surface area contributed by atoms with Crippen LogP contribution in [0.2, 0.25) is 10.0 Å². The number of sulfonamides is 1. The molecule has 0 saturated carbocycles. The Labute approximate surface area is 228 Å². The summed E-state index contributed by atoms with van der Waals surface area (Å²) in [4.78, 5) is 40.5. The van der Waals surface area contributed by atoms with Crippen molar-refractivity contribution in [1.82, 2.24) is 14.5 Å². The smallest absolute Gasteiger partial charge is 0.269 e. The molecule has 0 radical (unpaired) electrons. The fourth-order valence-electron chi connectivity index (χ4n) is 4.17. The summed E-state index contributed by atoms with van der Waals surface area (Å²) in [7, 11) is -3.96. The molecule has 1 aliphatic heterocycles. The molecule has 2 aromatic rings. The number of amides is 3. The summed E-state index contributed by atoms with van der Waals surface area (Å²) in [5.74, 6) is -1.04. The van der Waals surface area contributed by atoms with E-state index in [1.807, 2.05) is 13.8 Å². The lowest BCUT2D eigenvalue weighted by Crippen LogP contribution is -2.49. The number of halogens is 2. The molecular formula is C26H31Cl2N3O5S. The van der Waals surface area contributed by atoms with Crippen molar-refractivity contribution in [3.05, 3.63) is 63.6 Å². The Morgan fingerprint density at radius 2 is 1.70 bits per heavy atom.